The first-order valence-corrected chi connectivity index (χ1v) is 9.34. The molecule has 0 saturated heterocycles. The molecule has 6 heteroatoms. The largest absolute Gasteiger partial charge is 0.489 e. The lowest BCUT2D eigenvalue weighted by Gasteiger charge is -2.38. The van der Waals surface area contributed by atoms with E-state index in [1.165, 1.54) is 22.5 Å². The van der Waals surface area contributed by atoms with Gasteiger partial charge in [0.15, 0.2) is 0 Å². The van der Waals surface area contributed by atoms with Crippen LogP contribution in [0.2, 0.25) is 0 Å². The van der Waals surface area contributed by atoms with E-state index in [1.54, 1.807) is 0 Å². The van der Waals surface area contributed by atoms with Crippen LogP contribution in [0.25, 0.3) is 0 Å². The molecule has 0 aliphatic carbocycles. The summed E-state index contributed by atoms with van der Waals surface area (Å²) in [5.74, 6) is -0.116. The minimum Gasteiger partial charge on any atom is -0.489 e. The van der Waals surface area contributed by atoms with E-state index in [0.29, 0.717) is 12.2 Å². The summed E-state index contributed by atoms with van der Waals surface area (Å²) >= 11 is 0. The smallest absolute Gasteiger partial charge is 0.232 e. The van der Waals surface area contributed by atoms with E-state index in [-0.39, 0.29) is 11.8 Å². The molecule has 0 heterocycles. The molecule has 1 rings (SSSR count). The molecule has 0 fully saturated rings. The van der Waals surface area contributed by atoms with Gasteiger partial charge in [0, 0.05) is 6.07 Å². The first-order chi connectivity index (χ1) is 10.0. The van der Waals surface area contributed by atoms with Gasteiger partial charge in [0.05, 0.1) is 23.6 Å². The highest BCUT2D eigenvalue weighted by Crippen LogP contribution is 2.37. The normalized spacial score (nSPS) is 13.8. The molecular formula is C16H26FNO3S. The van der Waals surface area contributed by atoms with Gasteiger partial charge in [-0.05, 0) is 45.7 Å². The third-order valence-corrected chi connectivity index (χ3v) is 5.14. The Kier molecular flexibility index (Phi) is 5.84. The summed E-state index contributed by atoms with van der Waals surface area (Å²) in [5, 5.41) is 0. The zero-order valence-electron chi connectivity index (χ0n) is 14.2. The maximum atomic E-state index is 13.7. The molecule has 0 bridgehead atoms. The maximum Gasteiger partial charge on any atom is 0.232 e. The molecule has 0 amide bonds. The monoisotopic (exact) mass is 331 g/mol. The molecule has 0 spiro atoms. The summed E-state index contributed by atoms with van der Waals surface area (Å²) in [7, 11) is -3.58. The maximum absolute atomic E-state index is 13.7. The summed E-state index contributed by atoms with van der Waals surface area (Å²) in [6.45, 7) is 9.38. The zero-order chi connectivity index (χ0) is 17.1. The van der Waals surface area contributed by atoms with E-state index in [1.807, 2.05) is 34.6 Å². The highest BCUT2D eigenvalue weighted by molar-refractivity contribution is 7.92. The van der Waals surface area contributed by atoms with Gasteiger partial charge in [0.2, 0.25) is 10.0 Å². The van der Waals surface area contributed by atoms with E-state index in [9.17, 15) is 12.8 Å². The predicted molar refractivity (Wildman–Crippen MR) is 88.5 cm³/mol. The second kappa shape index (κ2) is 6.86. The van der Waals surface area contributed by atoms with Gasteiger partial charge in [-0.1, -0.05) is 13.8 Å². The zero-order valence-corrected chi connectivity index (χ0v) is 15.0. The van der Waals surface area contributed by atoms with E-state index in [4.69, 9.17) is 4.74 Å². The molecule has 4 nitrogen and oxygen atoms in total. The lowest BCUT2D eigenvalue weighted by Crippen LogP contribution is -2.47. The van der Waals surface area contributed by atoms with Crippen LogP contribution in [-0.4, -0.2) is 26.3 Å². The number of rotatable bonds is 7. The van der Waals surface area contributed by atoms with Crippen LogP contribution in [0.3, 0.4) is 0 Å². The van der Waals surface area contributed by atoms with Crippen molar-refractivity contribution in [1.29, 1.82) is 0 Å². The van der Waals surface area contributed by atoms with Crippen LogP contribution in [-0.2, 0) is 10.0 Å². The number of nitrogens with zero attached hydrogens (tertiary/aromatic N) is 1. The van der Waals surface area contributed by atoms with Crippen molar-refractivity contribution in [2.45, 2.75) is 59.1 Å². The second-order valence-corrected chi connectivity index (χ2v) is 7.97. The van der Waals surface area contributed by atoms with Gasteiger partial charge in [-0.3, -0.25) is 4.31 Å². The van der Waals surface area contributed by atoms with Gasteiger partial charge in [0.25, 0.3) is 0 Å². The molecule has 0 N–H and O–H groups in total. The van der Waals surface area contributed by atoms with Crippen molar-refractivity contribution in [3.63, 3.8) is 0 Å². The number of sulfonamides is 1. The van der Waals surface area contributed by atoms with Crippen molar-refractivity contribution < 1.29 is 17.5 Å². The Balaban J connectivity index is 3.51. The molecule has 1 atom stereocenters. The van der Waals surface area contributed by atoms with Crippen molar-refractivity contribution in [3.05, 3.63) is 24.0 Å². The first kappa shape index (κ1) is 18.7. The van der Waals surface area contributed by atoms with Crippen LogP contribution < -0.4 is 9.04 Å². The summed E-state index contributed by atoms with van der Waals surface area (Å²) in [5.41, 5.74) is -0.441. The Bertz CT molecular complexity index is 614. The average Bonchev–Trinajstić information content (AvgIpc) is 2.39. The fraction of sp³-hybridized carbons (Fsp3) is 0.625. The van der Waals surface area contributed by atoms with Crippen LogP contribution in [0.5, 0.6) is 5.75 Å². The topological polar surface area (TPSA) is 46.6 Å². The molecule has 22 heavy (non-hydrogen) atoms. The summed E-state index contributed by atoms with van der Waals surface area (Å²) in [6, 6.07) is 3.98. The lowest BCUT2D eigenvalue weighted by molar-refractivity contribution is 0.217. The van der Waals surface area contributed by atoms with E-state index < -0.39 is 21.4 Å². The molecule has 0 aromatic heterocycles. The van der Waals surface area contributed by atoms with E-state index in [2.05, 4.69) is 0 Å². The Morgan fingerprint density at radius 1 is 1.32 bits per heavy atom. The highest BCUT2D eigenvalue weighted by atomic mass is 32.2. The molecule has 0 aliphatic rings. The molecule has 0 saturated carbocycles. The predicted octanol–water partition coefficient (Wildman–Crippen LogP) is 3.96. The van der Waals surface area contributed by atoms with Crippen molar-refractivity contribution >= 4 is 15.7 Å². The standard InChI is InChI=1S/C16H26FNO3S/c1-7-12(3)21-15-10-9-13(17)11-14(15)18(22(6,19)20)16(4,5)8-2/h9-12H,7-8H2,1-6H3. The average molecular weight is 331 g/mol. The summed E-state index contributed by atoms with van der Waals surface area (Å²) < 4.78 is 45.4. The Morgan fingerprint density at radius 2 is 1.91 bits per heavy atom. The van der Waals surface area contributed by atoms with Gasteiger partial charge >= 0.3 is 0 Å². The highest BCUT2D eigenvalue weighted by Gasteiger charge is 2.34. The molecule has 0 radical (unpaired) electrons. The Labute approximate surface area is 133 Å². The van der Waals surface area contributed by atoms with Crippen LogP contribution >= 0.6 is 0 Å². The van der Waals surface area contributed by atoms with Gasteiger partial charge in [-0.2, -0.15) is 0 Å². The van der Waals surface area contributed by atoms with Gasteiger partial charge in [-0.15, -0.1) is 0 Å². The van der Waals surface area contributed by atoms with Crippen molar-refractivity contribution in [3.8, 4) is 5.75 Å². The van der Waals surface area contributed by atoms with Crippen molar-refractivity contribution in [1.82, 2.24) is 0 Å². The summed E-state index contributed by atoms with van der Waals surface area (Å²) in [6.07, 6.45) is 2.39. The second-order valence-electron chi connectivity index (χ2n) is 6.14. The molecule has 1 aromatic rings. The summed E-state index contributed by atoms with van der Waals surface area (Å²) in [4.78, 5) is 0. The quantitative estimate of drug-likeness (QED) is 0.760. The number of hydrogen-bond donors (Lipinski definition) is 0. The lowest BCUT2D eigenvalue weighted by atomic mass is 10.0. The van der Waals surface area contributed by atoms with Crippen LogP contribution in [0.1, 0.15) is 47.5 Å². The van der Waals surface area contributed by atoms with Crippen LogP contribution in [0, 0.1) is 5.82 Å². The number of anilines is 1. The van der Waals surface area contributed by atoms with Crippen LogP contribution in [0.4, 0.5) is 10.1 Å². The fourth-order valence-corrected chi connectivity index (χ4v) is 3.67. The third kappa shape index (κ3) is 4.35. The van der Waals surface area contributed by atoms with E-state index >= 15 is 0 Å². The van der Waals surface area contributed by atoms with Crippen LogP contribution in [0.15, 0.2) is 18.2 Å². The van der Waals surface area contributed by atoms with Gasteiger partial charge in [-0.25, -0.2) is 12.8 Å². The number of halogens is 1. The van der Waals surface area contributed by atoms with Gasteiger partial charge in [0.1, 0.15) is 11.6 Å². The molecule has 1 unspecified atom stereocenters. The van der Waals surface area contributed by atoms with Gasteiger partial charge < -0.3 is 4.74 Å². The Hall–Kier alpha value is -1.30. The SMILES string of the molecule is CCC(C)Oc1ccc(F)cc1N(C(C)(C)CC)S(C)(=O)=O. The van der Waals surface area contributed by atoms with Crippen molar-refractivity contribution in [2.24, 2.45) is 0 Å². The number of hydrogen-bond acceptors (Lipinski definition) is 3. The molecular weight excluding hydrogens is 305 g/mol. The van der Waals surface area contributed by atoms with E-state index in [0.717, 1.165) is 12.7 Å². The fourth-order valence-electron chi connectivity index (χ4n) is 2.15. The third-order valence-electron chi connectivity index (χ3n) is 3.79. The number of ether oxygens (including phenoxy) is 1. The molecule has 1 aromatic carbocycles. The first-order valence-electron chi connectivity index (χ1n) is 7.49. The minimum atomic E-state index is -3.58. The van der Waals surface area contributed by atoms with Crippen molar-refractivity contribution in [2.75, 3.05) is 10.6 Å². The molecule has 126 valence electrons. The number of benzene rings is 1. The Morgan fingerprint density at radius 3 is 2.36 bits per heavy atom. The molecule has 0 aliphatic heterocycles. The minimum absolute atomic E-state index is 0.0876.